The first-order chi connectivity index (χ1) is 19.3. The molecular weight excluding hydrogens is 508 g/mol. The summed E-state index contributed by atoms with van der Waals surface area (Å²) in [5, 5.41) is 0. The molecule has 0 aliphatic heterocycles. The molecule has 0 saturated heterocycles. The van der Waals surface area contributed by atoms with Crippen LogP contribution in [0.15, 0.2) is 91.0 Å². The molecule has 3 aromatic carbocycles. The van der Waals surface area contributed by atoms with Gasteiger partial charge in [-0.1, -0.05) is 56.8 Å². The summed E-state index contributed by atoms with van der Waals surface area (Å²) in [7, 11) is 1.49. The molecular formula is C33H36O7. The highest BCUT2D eigenvalue weighted by molar-refractivity contribution is 5.90. The number of unbranched alkanes of at least 4 members (excludes halogenated alkanes) is 1. The van der Waals surface area contributed by atoms with Crippen molar-refractivity contribution in [2.24, 2.45) is 0 Å². The fraction of sp³-hybridized carbons (Fsp3) is 0.273. The van der Waals surface area contributed by atoms with Crippen molar-refractivity contribution in [1.82, 2.24) is 0 Å². The summed E-state index contributed by atoms with van der Waals surface area (Å²) in [6.45, 7) is 12.1. The van der Waals surface area contributed by atoms with Gasteiger partial charge in [-0.2, -0.15) is 0 Å². The Morgan fingerprint density at radius 3 is 1.88 bits per heavy atom. The molecule has 7 nitrogen and oxygen atoms in total. The molecule has 0 aliphatic rings. The maximum Gasteiger partial charge on any atom is 0.338 e. The van der Waals surface area contributed by atoms with Gasteiger partial charge < -0.3 is 23.7 Å². The summed E-state index contributed by atoms with van der Waals surface area (Å²) >= 11 is 0. The molecule has 3 rings (SSSR count). The van der Waals surface area contributed by atoms with Crippen molar-refractivity contribution in [3.05, 3.63) is 91.0 Å². The molecule has 0 spiro atoms. The summed E-state index contributed by atoms with van der Waals surface area (Å²) in [4.78, 5) is 23.9. The average molecular weight is 545 g/mol. The van der Waals surface area contributed by atoms with Crippen LogP contribution < -0.4 is 14.2 Å². The van der Waals surface area contributed by atoms with Gasteiger partial charge >= 0.3 is 11.9 Å². The molecule has 0 atom stereocenters. The fourth-order valence-corrected chi connectivity index (χ4v) is 3.70. The van der Waals surface area contributed by atoms with Gasteiger partial charge in [-0.15, -0.1) is 0 Å². The van der Waals surface area contributed by atoms with Crippen LogP contribution in [0.4, 0.5) is 0 Å². The number of ether oxygens (including phenoxy) is 5. The van der Waals surface area contributed by atoms with E-state index < -0.39 is 11.9 Å². The van der Waals surface area contributed by atoms with Gasteiger partial charge in [0.2, 0.25) is 0 Å². The molecule has 0 bridgehead atoms. The van der Waals surface area contributed by atoms with E-state index in [0.29, 0.717) is 23.7 Å². The third kappa shape index (κ3) is 8.85. The van der Waals surface area contributed by atoms with Crippen molar-refractivity contribution in [1.29, 1.82) is 0 Å². The number of carbonyl (C=O) groups is 2. The Morgan fingerprint density at radius 2 is 1.30 bits per heavy atom. The van der Waals surface area contributed by atoms with E-state index in [1.54, 1.807) is 13.0 Å². The highest BCUT2D eigenvalue weighted by Gasteiger charge is 2.13. The van der Waals surface area contributed by atoms with E-state index in [0.717, 1.165) is 40.8 Å². The van der Waals surface area contributed by atoms with E-state index in [-0.39, 0.29) is 25.4 Å². The maximum absolute atomic E-state index is 12.1. The molecule has 0 radical (unpaired) electrons. The Bertz CT molecular complexity index is 1310. The number of hydrogen-bond donors (Lipinski definition) is 0. The van der Waals surface area contributed by atoms with Gasteiger partial charge in [0.1, 0.15) is 30.5 Å². The molecule has 0 N–H and O–H groups in total. The van der Waals surface area contributed by atoms with Gasteiger partial charge in [0.25, 0.3) is 0 Å². The largest absolute Gasteiger partial charge is 0.494 e. The van der Waals surface area contributed by atoms with Gasteiger partial charge in [0.15, 0.2) is 0 Å². The SMILES string of the molecule is C=C(C)C(=O)Oc1ccc(-c2ccc(OCCOC(=O)C(=C)COC)cc2)c(-c2ccc(OCCCC)cc2)c1. The lowest BCUT2D eigenvalue weighted by Gasteiger charge is -2.14. The lowest BCUT2D eigenvalue weighted by atomic mass is 9.94. The van der Waals surface area contributed by atoms with Gasteiger partial charge in [-0.3, -0.25) is 0 Å². The van der Waals surface area contributed by atoms with Crippen molar-refractivity contribution < 1.29 is 33.3 Å². The zero-order chi connectivity index (χ0) is 28.9. The molecule has 0 fully saturated rings. The van der Waals surface area contributed by atoms with E-state index in [2.05, 4.69) is 20.1 Å². The van der Waals surface area contributed by atoms with Crippen molar-refractivity contribution in [2.75, 3.05) is 33.5 Å². The summed E-state index contributed by atoms with van der Waals surface area (Å²) in [5.74, 6) is 0.883. The first-order valence-electron chi connectivity index (χ1n) is 13.1. The Kier molecular flexibility index (Phi) is 11.5. The second-order valence-corrected chi connectivity index (χ2v) is 9.15. The molecule has 0 aliphatic carbocycles. The van der Waals surface area contributed by atoms with Gasteiger partial charge in [-0.05, 0) is 72.0 Å². The highest BCUT2D eigenvalue weighted by atomic mass is 16.6. The lowest BCUT2D eigenvalue weighted by molar-refractivity contribution is -0.140. The van der Waals surface area contributed by atoms with E-state index in [1.807, 2.05) is 60.7 Å². The van der Waals surface area contributed by atoms with Crippen LogP contribution in [0.1, 0.15) is 26.7 Å². The van der Waals surface area contributed by atoms with Crippen molar-refractivity contribution in [3.63, 3.8) is 0 Å². The van der Waals surface area contributed by atoms with E-state index in [1.165, 1.54) is 7.11 Å². The van der Waals surface area contributed by atoms with Crippen LogP contribution in [0.5, 0.6) is 17.2 Å². The van der Waals surface area contributed by atoms with Gasteiger partial charge in [-0.25, -0.2) is 9.59 Å². The predicted molar refractivity (Wildman–Crippen MR) is 156 cm³/mol. The lowest BCUT2D eigenvalue weighted by Crippen LogP contribution is -2.15. The Hall–Kier alpha value is -4.36. The molecule has 0 amide bonds. The molecule has 7 heteroatoms. The summed E-state index contributed by atoms with van der Waals surface area (Å²) in [6.07, 6.45) is 2.07. The highest BCUT2D eigenvalue weighted by Crippen LogP contribution is 2.36. The zero-order valence-corrected chi connectivity index (χ0v) is 23.4. The second kappa shape index (κ2) is 15.3. The third-order valence-corrected chi connectivity index (χ3v) is 5.84. The minimum atomic E-state index is -0.508. The van der Waals surface area contributed by atoms with Crippen LogP contribution in [0, 0.1) is 0 Å². The zero-order valence-electron chi connectivity index (χ0n) is 23.4. The second-order valence-electron chi connectivity index (χ2n) is 9.15. The predicted octanol–water partition coefficient (Wildman–Crippen LogP) is 6.81. The molecule has 0 saturated carbocycles. The van der Waals surface area contributed by atoms with Crippen LogP contribution in [0.25, 0.3) is 22.3 Å². The number of methoxy groups -OCH3 is 1. The smallest absolute Gasteiger partial charge is 0.338 e. The van der Waals surface area contributed by atoms with Crippen molar-refractivity contribution >= 4 is 11.9 Å². The van der Waals surface area contributed by atoms with Gasteiger partial charge in [0.05, 0.1) is 18.8 Å². The van der Waals surface area contributed by atoms with E-state index in [4.69, 9.17) is 23.7 Å². The number of benzene rings is 3. The Labute approximate surface area is 236 Å². The number of carbonyl (C=O) groups excluding carboxylic acids is 2. The summed E-state index contributed by atoms with van der Waals surface area (Å²) < 4.78 is 27.1. The topological polar surface area (TPSA) is 80.3 Å². The molecule has 40 heavy (non-hydrogen) atoms. The van der Waals surface area contributed by atoms with Crippen LogP contribution in [0.2, 0.25) is 0 Å². The number of hydrogen-bond acceptors (Lipinski definition) is 7. The minimum Gasteiger partial charge on any atom is -0.494 e. The molecule has 210 valence electrons. The minimum absolute atomic E-state index is 0.0932. The maximum atomic E-state index is 12.1. The summed E-state index contributed by atoms with van der Waals surface area (Å²) in [6, 6.07) is 21.0. The Morgan fingerprint density at radius 1 is 0.725 bits per heavy atom. The summed E-state index contributed by atoms with van der Waals surface area (Å²) in [5.41, 5.74) is 4.32. The monoisotopic (exact) mass is 544 g/mol. The van der Waals surface area contributed by atoms with E-state index in [9.17, 15) is 9.59 Å². The molecule has 0 unspecified atom stereocenters. The quantitative estimate of drug-likeness (QED) is 0.0900. The average Bonchev–Trinajstić information content (AvgIpc) is 2.96. The number of rotatable bonds is 15. The van der Waals surface area contributed by atoms with Crippen molar-refractivity contribution in [2.45, 2.75) is 26.7 Å². The van der Waals surface area contributed by atoms with Crippen molar-refractivity contribution in [3.8, 4) is 39.5 Å². The van der Waals surface area contributed by atoms with Crippen LogP contribution in [-0.4, -0.2) is 45.5 Å². The van der Waals surface area contributed by atoms with Gasteiger partial charge in [0, 0.05) is 12.7 Å². The normalized spacial score (nSPS) is 10.5. The first kappa shape index (κ1) is 30.2. The molecule has 0 heterocycles. The number of esters is 2. The van der Waals surface area contributed by atoms with Crippen LogP contribution in [-0.2, 0) is 19.1 Å². The first-order valence-corrected chi connectivity index (χ1v) is 13.1. The standard InChI is InChI=1S/C33H36O7/c1-6-7-18-37-27-14-10-26(11-15-27)31-21-29(40-32(34)23(2)3)16-17-30(31)25-8-12-28(13-9-25)38-19-20-39-33(35)24(4)22-36-5/h8-17,21H,2,4,6-7,18-20,22H2,1,3,5H3. The third-order valence-electron chi connectivity index (χ3n) is 5.84. The molecule has 3 aromatic rings. The van der Waals surface area contributed by atoms with Crippen LogP contribution >= 0.6 is 0 Å². The van der Waals surface area contributed by atoms with Crippen LogP contribution in [0.3, 0.4) is 0 Å². The van der Waals surface area contributed by atoms with E-state index >= 15 is 0 Å². The fourth-order valence-electron chi connectivity index (χ4n) is 3.70. The Balaban J connectivity index is 1.77. The molecule has 0 aromatic heterocycles.